The number of carboxylic acid groups (broad SMARTS) is 1. The Morgan fingerprint density at radius 1 is 0.824 bits per heavy atom. The van der Waals surface area contributed by atoms with Crippen molar-refractivity contribution in [2.45, 2.75) is 41.3 Å². The number of carbonyl (C=O) groups excluding carboxylic acids is 3. The summed E-state index contributed by atoms with van der Waals surface area (Å²) in [4.78, 5) is 41.5. The Morgan fingerprint density at radius 3 is 1.26 bits per heavy atom. The smallest absolute Gasteiger partial charge is 0.300 e. The van der Waals surface area contributed by atoms with Crippen LogP contribution in [0, 0.1) is 0 Å². The number of hydrogen-bond acceptors (Lipinski definition) is 5. The van der Waals surface area contributed by atoms with Crippen LogP contribution in [0.25, 0.3) is 0 Å². The van der Waals surface area contributed by atoms with Crippen LogP contribution in [0.15, 0.2) is 73.3 Å². The van der Waals surface area contributed by atoms with E-state index in [1.807, 2.05) is 84.4 Å². The summed E-state index contributed by atoms with van der Waals surface area (Å²) < 4.78 is 4.00. The van der Waals surface area contributed by atoms with Crippen LogP contribution in [0.3, 0.4) is 0 Å². The maximum atomic E-state index is 11.0. The number of pyridine rings is 2. The van der Waals surface area contributed by atoms with Crippen molar-refractivity contribution >= 4 is 23.6 Å². The average molecular weight is 477 g/mol. The zero-order valence-corrected chi connectivity index (χ0v) is 20.4. The van der Waals surface area contributed by atoms with Crippen molar-refractivity contribution in [3.8, 4) is 0 Å². The van der Waals surface area contributed by atoms with E-state index in [-0.39, 0.29) is 31.2 Å². The molecule has 2 amide bonds. The molecular formula is C25H40N4O5+2. The lowest BCUT2D eigenvalue weighted by molar-refractivity contribution is -0.671. The fourth-order valence-electron chi connectivity index (χ4n) is 1.89. The number of aliphatic carboxylic acids is 1. The molecular weight excluding hydrogens is 436 g/mol. The molecule has 188 valence electrons. The predicted octanol–water partition coefficient (Wildman–Crippen LogP) is 1.82. The molecule has 0 fully saturated rings. The number of imide groups is 1. The van der Waals surface area contributed by atoms with E-state index in [0.717, 1.165) is 6.92 Å². The Hall–Kier alpha value is -3.72. The van der Waals surface area contributed by atoms with Crippen molar-refractivity contribution in [2.24, 2.45) is 14.1 Å². The third-order valence-electron chi connectivity index (χ3n) is 3.38. The summed E-state index contributed by atoms with van der Waals surface area (Å²) in [7, 11) is 5.70. The molecule has 0 saturated heterocycles. The minimum Gasteiger partial charge on any atom is -0.481 e. The lowest BCUT2D eigenvalue weighted by atomic mass is 10.4. The Labute approximate surface area is 203 Å². The zero-order chi connectivity index (χ0) is 25.8. The SMILES string of the molecule is C.CC(=O)O.CC(C)=O.CNC(C)N1C(=O)C=CC1=O.C[n+]1ccccc1.C[n+]1ccccc1. The Kier molecular flexibility index (Phi) is 21.7. The third-order valence-corrected chi connectivity index (χ3v) is 3.38. The maximum absolute atomic E-state index is 11.0. The van der Waals surface area contributed by atoms with Crippen molar-refractivity contribution in [3.63, 3.8) is 0 Å². The lowest BCUT2D eigenvalue weighted by Gasteiger charge is -2.21. The molecule has 1 aliphatic rings. The number of rotatable bonds is 2. The van der Waals surface area contributed by atoms with E-state index in [2.05, 4.69) is 5.32 Å². The summed E-state index contributed by atoms with van der Waals surface area (Å²) in [6.45, 7) is 5.89. The van der Waals surface area contributed by atoms with E-state index in [1.165, 1.54) is 30.9 Å². The van der Waals surface area contributed by atoms with Crippen molar-refractivity contribution in [1.82, 2.24) is 10.2 Å². The molecule has 1 atom stereocenters. The average Bonchev–Trinajstić information content (AvgIpc) is 3.07. The largest absolute Gasteiger partial charge is 0.481 e. The molecule has 3 heterocycles. The van der Waals surface area contributed by atoms with E-state index >= 15 is 0 Å². The highest BCUT2D eigenvalue weighted by Crippen LogP contribution is 2.05. The Balaban J connectivity index is -0.000000371. The van der Waals surface area contributed by atoms with E-state index < -0.39 is 5.97 Å². The maximum Gasteiger partial charge on any atom is 0.300 e. The third kappa shape index (κ3) is 21.5. The van der Waals surface area contributed by atoms with Crippen LogP contribution >= 0.6 is 0 Å². The van der Waals surface area contributed by atoms with Crippen molar-refractivity contribution in [2.75, 3.05) is 7.05 Å². The number of amides is 2. The summed E-state index contributed by atoms with van der Waals surface area (Å²) in [6, 6.07) is 12.0. The topological polar surface area (TPSA) is 112 Å². The first-order chi connectivity index (χ1) is 15.4. The van der Waals surface area contributed by atoms with E-state index in [0.29, 0.717) is 0 Å². The number of carboxylic acids is 1. The molecule has 34 heavy (non-hydrogen) atoms. The van der Waals surface area contributed by atoms with Crippen molar-refractivity contribution in [1.29, 1.82) is 0 Å². The molecule has 1 unspecified atom stereocenters. The van der Waals surface area contributed by atoms with Crippen LogP contribution in [-0.4, -0.2) is 46.8 Å². The fraction of sp³-hybridized carbons (Fsp3) is 0.360. The molecule has 1 aliphatic heterocycles. The summed E-state index contributed by atoms with van der Waals surface area (Å²) >= 11 is 0. The van der Waals surface area contributed by atoms with Gasteiger partial charge in [0.05, 0.1) is 6.17 Å². The molecule has 0 saturated carbocycles. The summed E-state index contributed by atoms with van der Waals surface area (Å²) in [6.07, 6.45) is 10.3. The van der Waals surface area contributed by atoms with Gasteiger partial charge in [-0.25, -0.2) is 9.13 Å². The minimum absolute atomic E-state index is 0. The van der Waals surface area contributed by atoms with E-state index in [4.69, 9.17) is 9.90 Å². The number of aryl methyl sites for hydroxylation is 2. The number of Topliss-reactive ketones (excluding diaryl/α,β-unsaturated/α-hetero) is 1. The van der Waals surface area contributed by atoms with Crippen LogP contribution in [0.4, 0.5) is 0 Å². The number of carbonyl (C=O) groups is 4. The normalized spacial score (nSPS) is 11.4. The van der Waals surface area contributed by atoms with Gasteiger partial charge < -0.3 is 15.2 Å². The van der Waals surface area contributed by atoms with Crippen LogP contribution in [0.2, 0.25) is 0 Å². The molecule has 3 rings (SSSR count). The summed E-state index contributed by atoms with van der Waals surface area (Å²) in [5.41, 5.74) is 0. The van der Waals surface area contributed by atoms with Gasteiger partial charge in [-0.05, 0) is 27.8 Å². The monoisotopic (exact) mass is 476 g/mol. The van der Waals surface area contributed by atoms with Gasteiger partial charge in [0.25, 0.3) is 17.8 Å². The van der Waals surface area contributed by atoms with Gasteiger partial charge in [-0.3, -0.25) is 19.3 Å². The van der Waals surface area contributed by atoms with Gasteiger partial charge >= 0.3 is 0 Å². The van der Waals surface area contributed by atoms with Gasteiger partial charge in [0, 0.05) is 43.3 Å². The molecule has 9 heteroatoms. The van der Waals surface area contributed by atoms with E-state index in [1.54, 1.807) is 14.0 Å². The van der Waals surface area contributed by atoms with Gasteiger partial charge in [-0.1, -0.05) is 19.6 Å². The van der Waals surface area contributed by atoms with Crippen LogP contribution < -0.4 is 14.5 Å². The highest BCUT2D eigenvalue weighted by atomic mass is 16.4. The van der Waals surface area contributed by atoms with Crippen LogP contribution in [0.1, 0.15) is 35.1 Å². The first kappa shape index (κ1) is 34.9. The number of aromatic nitrogens is 2. The first-order valence-electron chi connectivity index (χ1n) is 10.1. The number of nitrogens with one attached hydrogen (secondary N) is 1. The molecule has 9 nitrogen and oxygen atoms in total. The van der Waals surface area contributed by atoms with Gasteiger partial charge in [-0.15, -0.1) is 0 Å². The number of nitrogens with zero attached hydrogens (tertiary/aromatic N) is 3. The van der Waals surface area contributed by atoms with Crippen molar-refractivity contribution < 1.29 is 33.4 Å². The minimum atomic E-state index is -0.833. The Morgan fingerprint density at radius 2 is 1.09 bits per heavy atom. The molecule has 0 spiro atoms. The van der Waals surface area contributed by atoms with Gasteiger partial charge in [0.2, 0.25) is 0 Å². The second-order valence-electron chi connectivity index (χ2n) is 6.85. The quantitative estimate of drug-likeness (QED) is 0.505. The molecule has 0 aromatic carbocycles. The molecule has 2 N–H and O–H groups in total. The number of ketones is 1. The van der Waals surface area contributed by atoms with Gasteiger partial charge in [0.15, 0.2) is 24.8 Å². The van der Waals surface area contributed by atoms with Gasteiger partial charge in [-0.2, -0.15) is 0 Å². The molecule has 2 aromatic heterocycles. The summed E-state index contributed by atoms with van der Waals surface area (Å²) in [5.74, 6) is -1.17. The molecule has 2 aromatic rings. The Bertz CT molecular complexity index is 796. The zero-order valence-electron chi connectivity index (χ0n) is 20.4. The fourth-order valence-corrected chi connectivity index (χ4v) is 1.89. The van der Waals surface area contributed by atoms with Gasteiger partial charge in [0.1, 0.15) is 19.9 Å². The van der Waals surface area contributed by atoms with Crippen LogP contribution in [0.5, 0.6) is 0 Å². The summed E-state index contributed by atoms with van der Waals surface area (Å²) in [5, 5.41) is 10.2. The van der Waals surface area contributed by atoms with E-state index in [9.17, 15) is 14.4 Å². The molecule has 0 aliphatic carbocycles. The second-order valence-corrected chi connectivity index (χ2v) is 6.85. The molecule has 0 radical (unpaired) electrons. The number of hydrogen-bond donors (Lipinski definition) is 2. The standard InChI is InChI=1S/C7H10N2O2.2C6H8N.C3H6O.C2H4O2.CH4/c1-5(8-2)9-6(10)3-4-7(9)11;2*1-7-5-3-2-4-6-7;1-3(2)4;1-2(3)4;/h3-5,8H,1-2H3;2*2-6H,1H3;1-2H3;1H3,(H,3,4);1H4/q;2*+1;;;. The highest BCUT2D eigenvalue weighted by Gasteiger charge is 2.26. The first-order valence-corrected chi connectivity index (χ1v) is 10.1. The molecule has 0 bridgehead atoms. The second kappa shape index (κ2) is 21.1. The lowest BCUT2D eigenvalue weighted by Crippen LogP contribution is -2.45. The van der Waals surface area contributed by atoms with Crippen molar-refractivity contribution in [3.05, 3.63) is 73.3 Å². The van der Waals surface area contributed by atoms with Crippen LogP contribution in [-0.2, 0) is 33.3 Å². The predicted molar refractivity (Wildman–Crippen MR) is 131 cm³/mol. The highest BCUT2D eigenvalue weighted by molar-refractivity contribution is 6.13.